The molecule has 0 spiro atoms. The first-order chi connectivity index (χ1) is 6.72. The van der Waals surface area contributed by atoms with Crippen molar-refractivity contribution in [2.24, 2.45) is 17.8 Å². The Balaban J connectivity index is 2.23. The Morgan fingerprint density at radius 1 is 1.29 bits per heavy atom. The van der Waals surface area contributed by atoms with Crippen molar-refractivity contribution in [2.45, 2.75) is 39.5 Å². The molecule has 1 unspecified atom stereocenters. The molecule has 1 heterocycles. The molecule has 14 heavy (non-hydrogen) atoms. The molecule has 1 aliphatic heterocycles. The predicted octanol–water partition coefficient (Wildman–Crippen LogP) is 3.86. The summed E-state index contributed by atoms with van der Waals surface area (Å²) in [7, 11) is 0. The molecular weight excluding hydrogens is 240 g/mol. The molecular formula is C12H23BrO. The molecule has 1 nitrogen and oxygen atoms in total. The lowest BCUT2D eigenvalue weighted by Crippen LogP contribution is -2.20. The Kier molecular flexibility index (Phi) is 6.11. The Morgan fingerprint density at radius 3 is 2.43 bits per heavy atom. The van der Waals surface area contributed by atoms with Crippen LogP contribution in [-0.2, 0) is 4.74 Å². The maximum atomic E-state index is 5.38. The number of rotatable bonds is 5. The van der Waals surface area contributed by atoms with Crippen LogP contribution in [0, 0.1) is 17.8 Å². The van der Waals surface area contributed by atoms with Gasteiger partial charge in [-0.25, -0.2) is 0 Å². The van der Waals surface area contributed by atoms with Gasteiger partial charge in [-0.3, -0.25) is 0 Å². The highest BCUT2D eigenvalue weighted by molar-refractivity contribution is 9.09. The molecule has 1 atom stereocenters. The van der Waals surface area contributed by atoms with Crippen molar-refractivity contribution in [1.29, 1.82) is 0 Å². The largest absolute Gasteiger partial charge is 0.381 e. The second kappa shape index (κ2) is 6.84. The Bertz CT molecular complexity index is 141. The molecule has 0 saturated carbocycles. The number of alkyl halides is 1. The van der Waals surface area contributed by atoms with Crippen LogP contribution in [0.15, 0.2) is 0 Å². The molecule has 0 aromatic carbocycles. The minimum absolute atomic E-state index is 0.831. The first kappa shape index (κ1) is 12.5. The molecule has 1 fully saturated rings. The van der Waals surface area contributed by atoms with Gasteiger partial charge in [0.25, 0.3) is 0 Å². The van der Waals surface area contributed by atoms with Gasteiger partial charge < -0.3 is 4.74 Å². The van der Waals surface area contributed by atoms with E-state index < -0.39 is 0 Å². The molecule has 1 rings (SSSR count). The molecule has 1 aliphatic rings. The summed E-state index contributed by atoms with van der Waals surface area (Å²) in [5, 5.41) is 1.17. The van der Waals surface area contributed by atoms with E-state index in [1.54, 1.807) is 0 Å². The van der Waals surface area contributed by atoms with Gasteiger partial charge >= 0.3 is 0 Å². The molecule has 2 heteroatoms. The van der Waals surface area contributed by atoms with Crippen molar-refractivity contribution >= 4 is 15.9 Å². The topological polar surface area (TPSA) is 9.23 Å². The van der Waals surface area contributed by atoms with E-state index in [1.807, 2.05) is 0 Å². The summed E-state index contributed by atoms with van der Waals surface area (Å²) < 4.78 is 5.38. The van der Waals surface area contributed by atoms with Crippen molar-refractivity contribution in [2.75, 3.05) is 18.5 Å². The van der Waals surface area contributed by atoms with Crippen molar-refractivity contribution in [1.82, 2.24) is 0 Å². The van der Waals surface area contributed by atoms with Crippen LogP contribution in [0.1, 0.15) is 39.5 Å². The lowest BCUT2D eigenvalue weighted by molar-refractivity contribution is 0.0587. The Morgan fingerprint density at radius 2 is 1.93 bits per heavy atom. The smallest absolute Gasteiger partial charge is 0.0468 e. The van der Waals surface area contributed by atoms with Crippen LogP contribution in [0.5, 0.6) is 0 Å². The average Bonchev–Trinajstić information content (AvgIpc) is 2.17. The molecule has 0 N–H and O–H groups in total. The van der Waals surface area contributed by atoms with Gasteiger partial charge in [0, 0.05) is 18.5 Å². The van der Waals surface area contributed by atoms with Gasteiger partial charge in [0.1, 0.15) is 0 Å². The third-order valence-electron chi connectivity index (χ3n) is 3.03. The van der Waals surface area contributed by atoms with Crippen LogP contribution in [0.4, 0.5) is 0 Å². The van der Waals surface area contributed by atoms with E-state index in [4.69, 9.17) is 4.74 Å². The first-order valence-corrected chi connectivity index (χ1v) is 6.98. The monoisotopic (exact) mass is 262 g/mol. The number of halogens is 1. The fraction of sp³-hybridized carbons (Fsp3) is 1.00. The summed E-state index contributed by atoms with van der Waals surface area (Å²) in [5.74, 6) is 2.63. The van der Waals surface area contributed by atoms with Gasteiger partial charge in [-0.2, -0.15) is 0 Å². The maximum absolute atomic E-state index is 5.38. The number of ether oxygens (including phenoxy) is 1. The van der Waals surface area contributed by atoms with Gasteiger partial charge in [-0.05, 0) is 43.4 Å². The van der Waals surface area contributed by atoms with Gasteiger partial charge in [0.05, 0.1) is 0 Å². The van der Waals surface area contributed by atoms with Gasteiger partial charge in [0.15, 0.2) is 0 Å². The molecule has 1 saturated heterocycles. The number of hydrogen-bond donors (Lipinski definition) is 0. The Labute approximate surface area is 96.7 Å². The second-order valence-corrected chi connectivity index (χ2v) is 5.59. The van der Waals surface area contributed by atoms with Gasteiger partial charge in [-0.15, -0.1) is 0 Å². The van der Waals surface area contributed by atoms with E-state index in [-0.39, 0.29) is 0 Å². The lowest BCUT2D eigenvalue weighted by Gasteiger charge is -2.26. The zero-order valence-electron chi connectivity index (χ0n) is 9.47. The van der Waals surface area contributed by atoms with E-state index in [0.29, 0.717) is 0 Å². The molecule has 0 radical (unpaired) electrons. The molecule has 0 aromatic rings. The van der Waals surface area contributed by atoms with Crippen molar-refractivity contribution in [3.05, 3.63) is 0 Å². The summed E-state index contributed by atoms with van der Waals surface area (Å²) >= 11 is 3.64. The van der Waals surface area contributed by atoms with E-state index >= 15 is 0 Å². The first-order valence-electron chi connectivity index (χ1n) is 5.86. The third-order valence-corrected chi connectivity index (χ3v) is 3.95. The van der Waals surface area contributed by atoms with Crippen LogP contribution in [-0.4, -0.2) is 18.5 Å². The second-order valence-electron chi connectivity index (χ2n) is 4.94. The van der Waals surface area contributed by atoms with Crippen LogP contribution in [0.25, 0.3) is 0 Å². The molecule has 0 aromatic heterocycles. The predicted molar refractivity (Wildman–Crippen MR) is 64.9 cm³/mol. The molecule has 0 amide bonds. The highest BCUT2D eigenvalue weighted by Crippen LogP contribution is 2.27. The minimum atomic E-state index is 0.831. The van der Waals surface area contributed by atoms with Gasteiger partial charge in [-0.1, -0.05) is 29.8 Å². The quantitative estimate of drug-likeness (QED) is 0.684. The molecule has 0 bridgehead atoms. The van der Waals surface area contributed by atoms with E-state index in [1.165, 1.54) is 31.0 Å². The highest BCUT2D eigenvalue weighted by atomic mass is 79.9. The minimum Gasteiger partial charge on any atom is -0.381 e. The highest BCUT2D eigenvalue weighted by Gasteiger charge is 2.19. The van der Waals surface area contributed by atoms with Crippen LogP contribution >= 0.6 is 15.9 Å². The standard InChI is InChI=1S/C12H23BrO/c1-10(2)7-12(9-13)8-11-3-5-14-6-4-11/h10-12H,3-9H2,1-2H3. The summed E-state index contributed by atoms with van der Waals surface area (Å²) in [4.78, 5) is 0. The molecule has 84 valence electrons. The fourth-order valence-corrected chi connectivity index (χ4v) is 2.87. The average molecular weight is 263 g/mol. The maximum Gasteiger partial charge on any atom is 0.0468 e. The van der Waals surface area contributed by atoms with Crippen molar-refractivity contribution in [3.63, 3.8) is 0 Å². The summed E-state index contributed by atoms with van der Waals surface area (Å²) in [6.45, 7) is 6.61. The van der Waals surface area contributed by atoms with E-state index in [9.17, 15) is 0 Å². The van der Waals surface area contributed by atoms with Crippen molar-refractivity contribution < 1.29 is 4.74 Å². The summed E-state index contributed by atoms with van der Waals surface area (Å²) in [6, 6.07) is 0. The van der Waals surface area contributed by atoms with Gasteiger partial charge in [0.2, 0.25) is 0 Å². The van der Waals surface area contributed by atoms with Crippen LogP contribution in [0.2, 0.25) is 0 Å². The Hall–Kier alpha value is 0.440. The summed E-state index contributed by atoms with van der Waals surface area (Å²) in [6.07, 6.45) is 5.32. The SMILES string of the molecule is CC(C)CC(CBr)CC1CCOCC1. The third kappa shape index (κ3) is 4.79. The normalized spacial score (nSPS) is 21.4. The van der Waals surface area contributed by atoms with E-state index in [2.05, 4.69) is 29.8 Å². The number of hydrogen-bond acceptors (Lipinski definition) is 1. The fourth-order valence-electron chi connectivity index (χ4n) is 2.34. The molecule has 0 aliphatic carbocycles. The zero-order valence-corrected chi connectivity index (χ0v) is 11.1. The van der Waals surface area contributed by atoms with E-state index in [0.717, 1.165) is 31.0 Å². The van der Waals surface area contributed by atoms with Crippen LogP contribution in [0.3, 0.4) is 0 Å². The lowest BCUT2D eigenvalue weighted by atomic mass is 9.86. The van der Waals surface area contributed by atoms with Crippen molar-refractivity contribution in [3.8, 4) is 0 Å². The zero-order chi connectivity index (χ0) is 10.4. The summed E-state index contributed by atoms with van der Waals surface area (Å²) in [5.41, 5.74) is 0. The van der Waals surface area contributed by atoms with Crippen LogP contribution < -0.4 is 0 Å².